The van der Waals surface area contributed by atoms with E-state index in [1.807, 2.05) is 12.1 Å². The van der Waals surface area contributed by atoms with E-state index in [1.54, 1.807) is 13.2 Å². The first-order chi connectivity index (χ1) is 9.29. The van der Waals surface area contributed by atoms with E-state index in [4.69, 9.17) is 9.47 Å². The molecule has 0 heterocycles. The number of rotatable bonds is 10. The molecule has 3 nitrogen and oxygen atoms in total. The summed E-state index contributed by atoms with van der Waals surface area (Å²) in [4.78, 5) is 0. The fourth-order valence-electron chi connectivity index (χ4n) is 1.65. The Morgan fingerprint density at radius 1 is 1.37 bits per heavy atom. The van der Waals surface area contributed by atoms with Crippen molar-refractivity contribution in [2.45, 2.75) is 19.4 Å². The number of nitrogens with one attached hydrogen (secondary N) is 1. The molecule has 1 rings (SSSR count). The lowest BCUT2D eigenvalue weighted by atomic mass is 10.2. The third kappa shape index (κ3) is 5.85. The van der Waals surface area contributed by atoms with Gasteiger partial charge < -0.3 is 14.8 Å². The molecular formula is C15H22FNO2. The van der Waals surface area contributed by atoms with Crippen molar-refractivity contribution in [3.8, 4) is 5.75 Å². The minimum Gasteiger partial charge on any atom is -0.490 e. The highest BCUT2D eigenvalue weighted by Gasteiger charge is 2.09. The SMILES string of the molecule is C=CCCCOc1c(F)cccc1CNCCOC. The monoisotopic (exact) mass is 267 g/mol. The van der Waals surface area contributed by atoms with E-state index < -0.39 is 0 Å². The quantitative estimate of drug-likeness (QED) is 0.522. The van der Waals surface area contributed by atoms with Gasteiger partial charge >= 0.3 is 0 Å². The summed E-state index contributed by atoms with van der Waals surface area (Å²) in [6.45, 7) is 6.07. The molecule has 0 fully saturated rings. The van der Waals surface area contributed by atoms with Crippen LogP contribution < -0.4 is 10.1 Å². The fraction of sp³-hybridized carbons (Fsp3) is 0.467. The molecule has 1 N–H and O–H groups in total. The van der Waals surface area contributed by atoms with Gasteiger partial charge in [0.1, 0.15) is 0 Å². The first-order valence-corrected chi connectivity index (χ1v) is 6.50. The molecule has 0 amide bonds. The van der Waals surface area contributed by atoms with Gasteiger partial charge in [0.2, 0.25) is 0 Å². The second-order valence-electron chi connectivity index (χ2n) is 4.18. The van der Waals surface area contributed by atoms with Crippen molar-refractivity contribution in [3.63, 3.8) is 0 Å². The second kappa shape index (κ2) is 9.53. The van der Waals surface area contributed by atoms with Crippen molar-refractivity contribution < 1.29 is 13.9 Å². The minimum absolute atomic E-state index is 0.315. The van der Waals surface area contributed by atoms with E-state index in [-0.39, 0.29) is 5.82 Å². The summed E-state index contributed by atoms with van der Waals surface area (Å²) in [5, 5.41) is 3.18. The van der Waals surface area contributed by atoms with Gasteiger partial charge in [-0.2, -0.15) is 0 Å². The van der Waals surface area contributed by atoms with Gasteiger partial charge in [-0.1, -0.05) is 18.2 Å². The third-order valence-electron chi connectivity index (χ3n) is 2.65. The zero-order valence-corrected chi connectivity index (χ0v) is 11.5. The van der Waals surface area contributed by atoms with Crippen LogP contribution in [0.15, 0.2) is 30.9 Å². The van der Waals surface area contributed by atoms with Crippen molar-refractivity contribution in [1.29, 1.82) is 0 Å². The highest BCUT2D eigenvalue weighted by Crippen LogP contribution is 2.22. The molecule has 0 spiro atoms. The maximum atomic E-state index is 13.7. The van der Waals surface area contributed by atoms with Crippen LogP contribution in [-0.4, -0.2) is 26.9 Å². The topological polar surface area (TPSA) is 30.5 Å². The van der Waals surface area contributed by atoms with Crippen LogP contribution in [0.3, 0.4) is 0 Å². The van der Waals surface area contributed by atoms with Gasteiger partial charge in [0, 0.05) is 25.8 Å². The number of unbranched alkanes of at least 4 members (excludes halogenated alkanes) is 1. The average molecular weight is 267 g/mol. The van der Waals surface area contributed by atoms with Crippen molar-refractivity contribution in [3.05, 3.63) is 42.2 Å². The molecule has 0 saturated carbocycles. The Labute approximate surface area is 114 Å². The maximum absolute atomic E-state index is 13.7. The largest absolute Gasteiger partial charge is 0.490 e. The number of benzene rings is 1. The van der Waals surface area contributed by atoms with E-state index >= 15 is 0 Å². The van der Waals surface area contributed by atoms with Crippen LogP contribution in [0.1, 0.15) is 18.4 Å². The van der Waals surface area contributed by atoms with E-state index in [9.17, 15) is 4.39 Å². The molecule has 0 aromatic heterocycles. The normalized spacial score (nSPS) is 10.4. The number of allylic oxidation sites excluding steroid dienone is 1. The molecule has 0 unspecified atom stereocenters. The Hall–Kier alpha value is -1.39. The second-order valence-corrected chi connectivity index (χ2v) is 4.18. The predicted octanol–water partition coefficient (Wildman–Crippen LogP) is 2.91. The molecule has 1 aromatic rings. The number of halogens is 1. The van der Waals surface area contributed by atoms with Crippen LogP contribution in [-0.2, 0) is 11.3 Å². The van der Waals surface area contributed by atoms with Gasteiger partial charge in [0.05, 0.1) is 13.2 Å². The summed E-state index contributed by atoms with van der Waals surface area (Å²) in [5.41, 5.74) is 0.828. The summed E-state index contributed by atoms with van der Waals surface area (Å²) in [6, 6.07) is 4.98. The van der Waals surface area contributed by atoms with E-state index in [0.29, 0.717) is 25.5 Å². The first-order valence-electron chi connectivity index (χ1n) is 6.50. The van der Waals surface area contributed by atoms with Gasteiger partial charge in [0.15, 0.2) is 11.6 Å². The summed E-state index contributed by atoms with van der Waals surface area (Å²) < 4.78 is 24.2. The van der Waals surface area contributed by atoms with E-state index in [1.165, 1.54) is 6.07 Å². The molecule has 0 radical (unpaired) electrons. The molecule has 4 heteroatoms. The standard InChI is InChI=1S/C15H22FNO2/c1-3-4-5-10-19-15-13(7-6-8-14(15)16)12-17-9-11-18-2/h3,6-8,17H,1,4-5,9-12H2,2H3. The van der Waals surface area contributed by atoms with Gasteiger partial charge in [-0.15, -0.1) is 6.58 Å². The molecule has 0 saturated heterocycles. The zero-order valence-electron chi connectivity index (χ0n) is 11.5. The number of hydrogen-bond acceptors (Lipinski definition) is 3. The Kier molecular flexibility index (Phi) is 7.86. The van der Waals surface area contributed by atoms with Gasteiger partial charge in [-0.05, 0) is 18.9 Å². The van der Waals surface area contributed by atoms with Gasteiger partial charge in [0.25, 0.3) is 0 Å². The van der Waals surface area contributed by atoms with Crippen LogP contribution in [0, 0.1) is 5.82 Å². The Morgan fingerprint density at radius 2 is 2.21 bits per heavy atom. The van der Waals surface area contributed by atoms with Crippen LogP contribution in [0.4, 0.5) is 4.39 Å². The van der Waals surface area contributed by atoms with E-state index in [0.717, 1.165) is 24.9 Å². The minimum atomic E-state index is -0.315. The van der Waals surface area contributed by atoms with Gasteiger partial charge in [-0.25, -0.2) is 4.39 Å². The highest BCUT2D eigenvalue weighted by atomic mass is 19.1. The lowest BCUT2D eigenvalue weighted by Gasteiger charge is -2.12. The molecular weight excluding hydrogens is 245 g/mol. The smallest absolute Gasteiger partial charge is 0.165 e. The highest BCUT2D eigenvalue weighted by molar-refractivity contribution is 5.34. The Bertz CT molecular complexity index is 382. The maximum Gasteiger partial charge on any atom is 0.165 e. The number of methoxy groups -OCH3 is 1. The van der Waals surface area contributed by atoms with Crippen molar-refractivity contribution in [2.75, 3.05) is 26.9 Å². The van der Waals surface area contributed by atoms with E-state index in [2.05, 4.69) is 11.9 Å². The summed E-state index contributed by atoms with van der Waals surface area (Å²) in [6.07, 6.45) is 3.54. The molecule has 0 aliphatic rings. The fourth-order valence-corrected chi connectivity index (χ4v) is 1.65. The Balaban J connectivity index is 2.53. The molecule has 0 aliphatic carbocycles. The lowest BCUT2D eigenvalue weighted by molar-refractivity contribution is 0.199. The molecule has 1 aromatic carbocycles. The van der Waals surface area contributed by atoms with Crippen molar-refractivity contribution in [2.24, 2.45) is 0 Å². The van der Waals surface area contributed by atoms with Gasteiger partial charge in [-0.3, -0.25) is 0 Å². The third-order valence-corrected chi connectivity index (χ3v) is 2.65. The average Bonchev–Trinajstić information content (AvgIpc) is 2.42. The summed E-state index contributed by atoms with van der Waals surface area (Å²) in [7, 11) is 1.65. The summed E-state index contributed by atoms with van der Waals surface area (Å²) >= 11 is 0. The molecule has 0 atom stereocenters. The molecule has 106 valence electrons. The van der Waals surface area contributed by atoms with Crippen LogP contribution in [0.5, 0.6) is 5.75 Å². The van der Waals surface area contributed by atoms with Crippen LogP contribution in [0.2, 0.25) is 0 Å². The zero-order chi connectivity index (χ0) is 13.9. The van der Waals surface area contributed by atoms with Crippen molar-refractivity contribution in [1.82, 2.24) is 5.32 Å². The number of hydrogen-bond donors (Lipinski definition) is 1. The Morgan fingerprint density at radius 3 is 2.95 bits per heavy atom. The predicted molar refractivity (Wildman–Crippen MR) is 74.9 cm³/mol. The van der Waals surface area contributed by atoms with Crippen molar-refractivity contribution >= 4 is 0 Å². The summed E-state index contributed by atoms with van der Waals surface area (Å²) in [5.74, 6) is 0.0288. The molecule has 0 aliphatic heterocycles. The van der Waals surface area contributed by atoms with Crippen LogP contribution in [0.25, 0.3) is 0 Å². The first kappa shape index (κ1) is 15.7. The molecule has 19 heavy (non-hydrogen) atoms. The number of ether oxygens (including phenoxy) is 2. The molecule has 0 bridgehead atoms. The lowest BCUT2D eigenvalue weighted by Crippen LogP contribution is -2.19. The van der Waals surface area contributed by atoms with Crippen LogP contribution >= 0.6 is 0 Å². The number of para-hydroxylation sites is 1.